The lowest BCUT2D eigenvalue weighted by Crippen LogP contribution is -2.15. The van der Waals surface area contributed by atoms with E-state index in [1.54, 1.807) is 0 Å². The maximum atomic E-state index is 12.0. The maximum absolute atomic E-state index is 12.0. The zero-order valence-corrected chi connectivity index (χ0v) is 12.1. The van der Waals surface area contributed by atoms with E-state index in [9.17, 15) is 4.79 Å². The third-order valence-electron chi connectivity index (χ3n) is 2.79. The number of rotatable bonds is 4. The molecule has 18 heavy (non-hydrogen) atoms. The average Bonchev–Trinajstić information content (AvgIpc) is 2.27. The zero-order valence-electron chi connectivity index (χ0n) is 11.3. The van der Waals surface area contributed by atoms with Gasteiger partial charge >= 0.3 is 0 Å². The lowest BCUT2D eigenvalue weighted by molar-refractivity contribution is 0.0982. The van der Waals surface area contributed by atoms with Crippen molar-refractivity contribution in [1.29, 1.82) is 0 Å². The molecule has 1 aromatic carbocycles. The molecule has 2 N–H and O–H groups in total. The lowest BCUT2D eigenvalue weighted by Gasteiger charge is -2.21. The van der Waals surface area contributed by atoms with Crippen LogP contribution in [0.25, 0.3) is 0 Å². The van der Waals surface area contributed by atoms with Gasteiger partial charge in [-0.25, -0.2) is 0 Å². The molecule has 0 aliphatic heterocycles. The van der Waals surface area contributed by atoms with E-state index in [1.807, 2.05) is 12.1 Å². The van der Waals surface area contributed by atoms with Gasteiger partial charge in [0.2, 0.25) is 0 Å². The van der Waals surface area contributed by atoms with E-state index in [0.29, 0.717) is 29.3 Å². The Labute approximate surface area is 113 Å². The molecule has 0 radical (unpaired) electrons. The molecule has 0 spiro atoms. The summed E-state index contributed by atoms with van der Waals surface area (Å²) in [4.78, 5) is 12.0. The van der Waals surface area contributed by atoms with Crippen molar-refractivity contribution in [2.24, 2.45) is 5.73 Å². The molecule has 0 amide bonds. The Bertz CT molecular complexity index is 450. The van der Waals surface area contributed by atoms with Crippen LogP contribution in [0.3, 0.4) is 0 Å². The minimum absolute atomic E-state index is 0.0395. The summed E-state index contributed by atoms with van der Waals surface area (Å²) >= 11 is 6.18. The summed E-state index contributed by atoms with van der Waals surface area (Å²) in [6.45, 7) is 6.53. The van der Waals surface area contributed by atoms with Crippen LogP contribution in [-0.4, -0.2) is 19.4 Å². The van der Waals surface area contributed by atoms with E-state index in [2.05, 4.69) is 20.8 Å². The second-order valence-electron chi connectivity index (χ2n) is 5.25. The van der Waals surface area contributed by atoms with Crippen molar-refractivity contribution in [3.8, 4) is 5.75 Å². The van der Waals surface area contributed by atoms with Crippen LogP contribution in [0.1, 0.15) is 43.1 Å². The van der Waals surface area contributed by atoms with Crippen molar-refractivity contribution in [3.05, 3.63) is 28.3 Å². The first kappa shape index (κ1) is 15.0. The van der Waals surface area contributed by atoms with Gasteiger partial charge in [0.05, 0.1) is 17.7 Å². The molecule has 0 saturated carbocycles. The number of Topliss-reactive ketones (excluding diaryl/α,β-unsaturated/α-hetero) is 1. The van der Waals surface area contributed by atoms with Crippen LogP contribution < -0.4 is 10.5 Å². The number of benzene rings is 1. The summed E-state index contributed by atoms with van der Waals surface area (Å²) in [5.74, 6) is 0.394. The van der Waals surface area contributed by atoms with Crippen molar-refractivity contribution in [2.75, 3.05) is 13.7 Å². The number of halogens is 1. The molecule has 0 saturated heterocycles. The number of hydrogen-bond acceptors (Lipinski definition) is 3. The molecule has 0 aliphatic rings. The molecule has 100 valence electrons. The van der Waals surface area contributed by atoms with E-state index >= 15 is 0 Å². The summed E-state index contributed by atoms with van der Waals surface area (Å²) in [5, 5.41) is 0.463. The molecule has 0 aliphatic carbocycles. The van der Waals surface area contributed by atoms with Gasteiger partial charge in [-0.3, -0.25) is 4.79 Å². The second-order valence-corrected chi connectivity index (χ2v) is 5.66. The molecular weight excluding hydrogens is 250 g/mol. The van der Waals surface area contributed by atoms with Gasteiger partial charge in [0.25, 0.3) is 0 Å². The fourth-order valence-electron chi connectivity index (χ4n) is 1.71. The number of nitrogens with two attached hydrogens (primary N) is 1. The van der Waals surface area contributed by atoms with Crippen LogP contribution in [0.4, 0.5) is 0 Å². The van der Waals surface area contributed by atoms with Crippen molar-refractivity contribution in [3.63, 3.8) is 0 Å². The number of carbonyl (C=O) groups excluding carboxylic acids is 1. The monoisotopic (exact) mass is 269 g/mol. The molecule has 0 fully saturated rings. The third kappa shape index (κ3) is 3.24. The first-order chi connectivity index (χ1) is 8.31. The van der Waals surface area contributed by atoms with Crippen LogP contribution in [0.15, 0.2) is 12.1 Å². The Morgan fingerprint density at radius 1 is 1.39 bits per heavy atom. The van der Waals surface area contributed by atoms with E-state index in [4.69, 9.17) is 22.1 Å². The molecule has 0 aromatic heterocycles. The fourth-order valence-corrected chi connectivity index (χ4v) is 2.00. The van der Waals surface area contributed by atoms with Gasteiger partial charge in [-0.15, -0.1) is 0 Å². The Morgan fingerprint density at radius 3 is 2.44 bits per heavy atom. The maximum Gasteiger partial charge on any atom is 0.167 e. The highest BCUT2D eigenvalue weighted by molar-refractivity contribution is 6.32. The predicted molar refractivity (Wildman–Crippen MR) is 74.7 cm³/mol. The fraction of sp³-hybridized carbons (Fsp3) is 0.500. The third-order valence-corrected chi connectivity index (χ3v) is 3.07. The number of methoxy groups -OCH3 is 1. The summed E-state index contributed by atoms with van der Waals surface area (Å²) in [6, 6.07) is 3.70. The standard InChI is InChI=1S/C14H20ClNO2/c1-14(2,3)9-7-10(12(17)5-6-16)13(18-4)11(15)8-9/h7-8H,5-6,16H2,1-4H3. The van der Waals surface area contributed by atoms with Crippen LogP contribution in [0, 0.1) is 0 Å². The van der Waals surface area contributed by atoms with Gasteiger partial charge < -0.3 is 10.5 Å². The van der Waals surface area contributed by atoms with E-state index in [1.165, 1.54) is 7.11 Å². The Hall–Kier alpha value is -1.06. The first-order valence-electron chi connectivity index (χ1n) is 5.92. The molecule has 3 nitrogen and oxygen atoms in total. The van der Waals surface area contributed by atoms with Gasteiger partial charge in [-0.1, -0.05) is 32.4 Å². The number of carbonyl (C=O) groups is 1. The lowest BCUT2D eigenvalue weighted by atomic mass is 9.85. The molecule has 0 bridgehead atoms. The van der Waals surface area contributed by atoms with Crippen LogP contribution >= 0.6 is 11.6 Å². The van der Waals surface area contributed by atoms with E-state index in [-0.39, 0.29) is 11.2 Å². The van der Waals surface area contributed by atoms with E-state index < -0.39 is 0 Å². The molecule has 4 heteroatoms. The van der Waals surface area contributed by atoms with Crippen molar-refractivity contribution in [2.45, 2.75) is 32.6 Å². The van der Waals surface area contributed by atoms with Crippen molar-refractivity contribution in [1.82, 2.24) is 0 Å². The van der Waals surface area contributed by atoms with Gasteiger partial charge in [0.15, 0.2) is 5.78 Å². The highest BCUT2D eigenvalue weighted by Gasteiger charge is 2.21. The summed E-state index contributed by atoms with van der Waals surface area (Å²) in [7, 11) is 1.51. The van der Waals surface area contributed by atoms with E-state index in [0.717, 1.165) is 5.56 Å². The van der Waals surface area contributed by atoms with Crippen LogP contribution in [0.5, 0.6) is 5.75 Å². The van der Waals surface area contributed by atoms with Gasteiger partial charge in [-0.2, -0.15) is 0 Å². The molecule has 0 atom stereocenters. The average molecular weight is 270 g/mol. The normalized spacial score (nSPS) is 11.4. The summed E-state index contributed by atoms with van der Waals surface area (Å²) in [5.41, 5.74) is 6.87. The second kappa shape index (κ2) is 5.72. The van der Waals surface area contributed by atoms with Crippen LogP contribution in [0.2, 0.25) is 5.02 Å². The number of ether oxygens (including phenoxy) is 1. The predicted octanol–water partition coefficient (Wildman–Crippen LogP) is 3.18. The highest BCUT2D eigenvalue weighted by Crippen LogP contribution is 2.35. The topological polar surface area (TPSA) is 52.3 Å². The molecule has 0 heterocycles. The summed E-state index contributed by atoms with van der Waals surface area (Å²) in [6.07, 6.45) is 0.292. The summed E-state index contributed by atoms with van der Waals surface area (Å²) < 4.78 is 5.22. The molecule has 0 unspecified atom stereocenters. The quantitative estimate of drug-likeness (QED) is 0.854. The van der Waals surface area contributed by atoms with Gasteiger partial charge in [0.1, 0.15) is 5.75 Å². The number of ketones is 1. The zero-order chi connectivity index (χ0) is 13.9. The minimum atomic E-state index is -0.0757. The van der Waals surface area contributed by atoms with Gasteiger partial charge in [0, 0.05) is 6.42 Å². The number of hydrogen-bond donors (Lipinski definition) is 1. The Morgan fingerprint density at radius 2 is 2.00 bits per heavy atom. The molecular formula is C14H20ClNO2. The minimum Gasteiger partial charge on any atom is -0.494 e. The Balaban J connectivity index is 3.37. The Kier molecular flexibility index (Phi) is 4.77. The SMILES string of the molecule is COc1c(Cl)cc(C(C)(C)C)cc1C(=O)CCN. The highest BCUT2D eigenvalue weighted by atomic mass is 35.5. The first-order valence-corrected chi connectivity index (χ1v) is 6.30. The van der Waals surface area contributed by atoms with Crippen molar-refractivity contribution < 1.29 is 9.53 Å². The van der Waals surface area contributed by atoms with Crippen LogP contribution in [-0.2, 0) is 5.41 Å². The largest absolute Gasteiger partial charge is 0.494 e. The van der Waals surface area contributed by atoms with Crippen molar-refractivity contribution >= 4 is 17.4 Å². The smallest absolute Gasteiger partial charge is 0.167 e. The molecule has 1 rings (SSSR count). The van der Waals surface area contributed by atoms with Gasteiger partial charge in [-0.05, 0) is 29.7 Å². The molecule has 1 aromatic rings.